The molecule has 3 rings (SSSR count). The third kappa shape index (κ3) is 4.52. The van der Waals surface area contributed by atoms with E-state index in [2.05, 4.69) is 15.2 Å². The molecule has 0 atom stereocenters. The van der Waals surface area contributed by atoms with Crippen LogP contribution in [0.5, 0.6) is 0 Å². The van der Waals surface area contributed by atoms with E-state index in [1.807, 2.05) is 6.07 Å². The average molecular weight is 393 g/mol. The second-order valence-electron chi connectivity index (χ2n) is 5.49. The number of hydrogen-bond acceptors (Lipinski definition) is 5. The van der Waals surface area contributed by atoms with Crippen molar-refractivity contribution in [3.8, 4) is 5.69 Å². The van der Waals surface area contributed by atoms with Crippen LogP contribution in [-0.2, 0) is 11.2 Å². The molecule has 0 amide bonds. The Kier molecular flexibility index (Phi) is 7.13. The van der Waals surface area contributed by atoms with Gasteiger partial charge in [0, 0.05) is 13.1 Å². The molecular formula is C15H20Cl3N5O. The second kappa shape index (κ2) is 8.87. The summed E-state index contributed by atoms with van der Waals surface area (Å²) in [6.07, 6.45) is 1.79. The third-order valence-corrected chi connectivity index (χ3v) is 4.67. The van der Waals surface area contributed by atoms with Crippen molar-refractivity contribution in [2.45, 2.75) is 12.8 Å². The SMILES string of the molecule is Cl.Nc1nnn(-c2ccc(Cl)c(Cl)c2)c1CCCN1CCOCC1. The van der Waals surface area contributed by atoms with Gasteiger partial charge in [-0.3, -0.25) is 4.90 Å². The van der Waals surface area contributed by atoms with E-state index >= 15 is 0 Å². The van der Waals surface area contributed by atoms with Gasteiger partial charge in [-0.2, -0.15) is 0 Å². The number of rotatable bonds is 5. The molecule has 1 aromatic carbocycles. The van der Waals surface area contributed by atoms with E-state index < -0.39 is 0 Å². The summed E-state index contributed by atoms with van der Waals surface area (Å²) in [7, 11) is 0. The minimum atomic E-state index is 0. The highest BCUT2D eigenvalue weighted by molar-refractivity contribution is 6.42. The van der Waals surface area contributed by atoms with Crippen LogP contribution in [0.25, 0.3) is 5.69 Å². The van der Waals surface area contributed by atoms with Gasteiger partial charge in [0.05, 0.1) is 34.6 Å². The molecule has 0 unspecified atom stereocenters. The number of ether oxygens (including phenoxy) is 1. The molecule has 132 valence electrons. The zero-order chi connectivity index (χ0) is 16.2. The van der Waals surface area contributed by atoms with Crippen molar-refractivity contribution >= 4 is 41.4 Å². The third-order valence-electron chi connectivity index (χ3n) is 3.93. The van der Waals surface area contributed by atoms with Crippen molar-refractivity contribution in [2.75, 3.05) is 38.6 Å². The lowest BCUT2D eigenvalue weighted by Crippen LogP contribution is -2.37. The van der Waals surface area contributed by atoms with Crippen molar-refractivity contribution < 1.29 is 4.74 Å². The van der Waals surface area contributed by atoms with Gasteiger partial charge in [0.2, 0.25) is 0 Å². The minimum absolute atomic E-state index is 0. The van der Waals surface area contributed by atoms with Crippen LogP contribution >= 0.6 is 35.6 Å². The van der Waals surface area contributed by atoms with Gasteiger partial charge in [-0.15, -0.1) is 17.5 Å². The Balaban J connectivity index is 0.00000208. The number of nitrogens with zero attached hydrogens (tertiary/aromatic N) is 4. The van der Waals surface area contributed by atoms with E-state index in [-0.39, 0.29) is 12.4 Å². The molecule has 2 N–H and O–H groups in total. The normalized spacial score (nSPS) is 15.2. The van der Waals surface area contributed by atoms with Gasteiger partial charge in [0.1, 0.15) is 0 Å². The molecule has 2 heterocycles. The van der Waals surface area contributed by atoms with E-state index in [9.17, 15) is 0 Å². The second-order valence-corrected chi connectivity index (χ2v) is 6.30. The highest BCUT2D eigenvalue weighted by Crippen LogP contribution is 2.25. The summed E-state index contributed by atoms with van der Waals surface area (Å²) in [6.45, 7) is 4.60. The molecule has 0 radical (unpaired) electrons. The van der Waals surface area contributed by atoms with E-state index in [1.165, 1.54) is 0 Å². The molecule has 1 saturated heterocycles. The number of halogens is 3. The maximum absolute atomic E-state index is 6.09. The molecule has 1 aromatic heterocycles. The molecule has 0 saturated carbocycles. The Morgan fingerprint density at radius 1 is 1.17 bits per heavy atom. The van der Waals surface area contributed by atoms with E-state index in [0.717, 1.165) is 57.1 Å². The standard InChI is InChI=1S/C15H19Cl2N5O.ClH/c16-12-4-3-11(10-13(12)17)22-14(15(18)19-20-22)2-1-5-21-6-8-23-9-7-21;/h3-4,10H,1-2,5-9,18H2;1H. The fraction of sp³-hybridized carbons (Fsp3) is 0.467. The summed E-state index contributed by atoms with van der Waals surface area (Å²) in [5.41, 5.74) is 7.69. The van der Waals surface area contributed by atoms with Gasteiger partial charge in [-0.05, 0) is 37.6 Å². The van der Waals surface area contributed by atoms with E-state index in [0.29, 0.717) is 15.9 Å². The van der Waals surface area contributed by atoms with E-state index in [4.69, 9.17) is 33.7 Å². The van der Waals surface area contributed by atoms with Crippen LogP contribution in [0.3, 0.4) is 0 Å². The van der Waals surface area contributed by atoms with Crippen LogP contribution in [0.1, 0.15) is 12.1 Å². The molecule has 6 nitrogen and oxygen atoms in total. The lowest BCUT2D eigenvalue weighted by Gasteiger charge is -2.26. The first-order chi connectivity index (χ1) is 11.1. The first-order valence-electron chi connectivity index (χ1n) is 7.61. The molecule has 1 aliphatic rings. The Bertz CT molecular complexity index is 673. The first-order valence-corrected chi connectivity index (χ1v) is 8.36. The smallest absolute Gasteiger partial charge is 0.169 e. The molecule has 0 spiro atoms. The summed E-state index contributed by atoms with van der Waals surface area (Å²) in [4.78, 5) is 2.40. The van der Waals surface area contributed by atoms with Gasteiger partial charge in [0.15, 0.2) is 5.82 Å². The van der Waals surface area contributed by atoms with Crippen LogP contribution in [0, 0.1) is 0 Å². The predicted molar refractivity (Wildman–Crippen MR) is 98.6 cm³/mol. The first kappa shape index (κ1) is 19.3. The van der Waals surface area contributed by atoms with Crippen LogP contribution in [0.15, 0.2) is 18.2 Å². The highest BCUT2D eigenvalue weighted by atomic mass is 35.5. The predicted octanol–water partition coefficient (Wildman–Crippen LogP) is 2.84. The topological polar surface area (TPSA) is 69.2 Å². The quantitative estimate of drug-likeness (QED) is 0.847. The molecular weight excluding hydrogens is 373 g/mol. The highest BCUT2D eigenvalue weighted by Gasteiger charge is 2.15. The van der Waals surface area contributed by atoms with Gasteiger partial charge in [0.25, 0.3) is 0 Å². The number of aromatic nitrogens is 3. The number of hydrogen-bond donors (Lipinski definition) is 1. The molecule has 0 bridgehead atoms. The number of anilines is 1. The fourth-order valence-corrected chi connectivity index (χ4v) is 2.96. The van der Waals surface area contributed by atoms with Crippen LogP contribution < -0.4 is 5.73 Å². The van der Waals surface area contributed by atoms with Crippen molar-refractivity contribution in [3.63, 3.8) is 0 Å². The number of nitrogen functional groups attached to an aromatic ring is 1. The van der Waals surface area contributed by atoms with Gasteiger partial charge >= 0.3 is 0 Å². The maximum atomic E-state index is 6.09. The maximum Gasteiger partial charge on any atom is 0.169 e. The van der Waals surface area contributed by atoms with Crippen LogP contribution in [-0.4, -0.2) is 52.7 Å². The Morgan fingerprint density at radius 3 is 2.62 bits per heavy atom. The molecule has 1 aliphatic heterocycles. The van der Waals surface area contributed by atoms with Crippen molar-refractivity contribution in [1.29, 1.82) is 0 Å². The monoisotopic (exact) mass is 391 g/mol. The molecule has 2 aromatic rings. The zero-order valence-corrected chi connectivity index (χ0v) is 15.4. The van der Waals surface area contributed by atoms with Crippen molar-refractivity contribution in [2.24, 2.45) is 0 Å². The molecule has 1 fully saturated rings. The Morgan fingerprint density at radius 2 is 1.92 bits per heavy atom. The molecule has 24 heavy (non-hydrogen) atoms. The summed E-state index contributed by atoms with van der Waals surface area (Å²) in [5.74, 6) is 0.457. The average Bonchev–Trinajstić information content (AvgIpc) is 2.92. The van der Waals surface area contributed by atoms with Gasteiger partial charge in [-0.1, -0.05) is 28.4 Å². The Hall–Kier alpha value is -1.05. The molecule has 0 aliphatic carbocycles. The zero-order valence-electron chi connectivity index (χ0n) is 13.1. The fourth-order valence-electron chi connectivity index (χ4n) is 2.67. The van der Waals surface area contributed by atoms with Crippen molar-refractivity contribution in [1.82, 2.24) is 19.9 Å². The summed E-state index contributed by atoms with van der Waals surface area (Å²) in [5, 5.41) is 9.12. The largest absolute Gasteiger partial charge is 0.381 e. The number of nitrogens with two attached hydrogens (primary N) is 1. The lowest BCUT2D eigenvalue weighted by atomic mass is 10.2. The summed E-state index contributed by atoms with van der Waals surface area (Å²) < 4.78 is 7.09. The Labute approximate surface area is 157 Å². The summed E-state index contributed by atoms with van der Waals surface area (Å²) >= 11 is 12.1. The van der Waals surface area contributed by atoms with E-state index in [1.54, 1.807) is 16.8 Å². The van der Waals surface area contributed by atoms with Crippen LogP contribution in [0.2, 0.25) is 10.0 Å². The molecule has 9 heteroatoms. The van der Waals surface area contributed by atoms with Crippen molar-refractivity contribution in [3.05, 3.63) is 33.9 Å². The number of morpholine rings is 1. The lowest BCUT2D eigenvalue weighted by molar-refractivity contribution is 0.0374. The van der Waals surface area contributed by atoms with Gasteiger partial charge < -0.3 is 10.5 Å². The van der Waals surface area contributed by atoms with Gasteiger partial charge in [-0.25, -0.2) is 4.68 Å². The van der Waals surface area contributed by atoms with Crippen LogP contribution in [0.4, 0.5) is 5.82 Å². The number of benzene rings is 1. The summed E-state index contributed by atoms with van der Waals surface area (Å²) in [6, 6.07) is 5.37. The minimum Gasteiger partial charge on any atom is -0.381 e.